The summed E-state index contributed by atoms with van der Waals surface area (Å²) in [6.45, 7) is -0.140. The summed E-state index contributed by atoms with van der Waals surface area (Å²) in [7, 11) is 0. The number of hydrogen-bond donors (Lipinski definition) is 3. The quantitative estimate of drug-likeness (QED) is 0.804. The zero-order valence-electron chi connectivity index (χ0n) is 11.2. The van der Waals surface area contributed by atoms with E-state index in [0.29, 0.717) is 17.8 Å². The molecule has 0 atom stereocenters. The lowest BCUT2D eigenvalue weighted by Gasteiger charge is -2.41. The van der Waals surface area contributed by atoms with Crippen LogP contribution in [0.3, 0.4) is 0 Å². The number of nitrogens with one attached hydrogen (secondary N) is 2. The summed E-state index contributed by atoms with van der Waals surface area (Å²) >= 11 is 0. The summed E-state index contributed by atoms with van der Waals surface area (Å²) in [6, 6.07) is 7.22. The number of alkyl halides is 2. The largest absolute Gasteiger partial charge is 0.383 e. The number of hydrogen-bond acceptors (Lipinski definition) is 3. The second-order valence-electron chi connectivity index (χ2n) is 5.34. The van der Waals surface area contributed by atoms with Gasteiger partial charge in [-0.3, -0.25) is 4.79 Å². The van der Waals surface area contributed by atoms with Crippen molar-refractivity contribution < 1.29 is 18.7 Å². The molecule has 1 aromatic heterocycles. The summed E-state index contributed by atoms with van der Waals surface area (Å²) < 4.78 is 27.7. The zero-order valence-corrected chi connectivity index (χ0v) is 11.2. The van der Waals surface area contributed by atoms with E-state index < -0.39 is 17.4 Å². The van der Waals surface area contributed by atoms with E-state index in [1.807, 2.05) is 12.1 Å². The number of rotatable bonds is 4. The van der Waals surface area contributed by atoms with E-state index in [-0.39, 0.29) is 19.4 Å². The van der Waals surface area contributed by atoms with Crippen molar-refractivity contribution in [2.24, 2.45) is 0 Å². The van der Waals surface area contributed by atoms with Crippen LogP contribution in [0, 0.1) is 0 Å². The number of fused-ring (bicyclic) bond motifs is 1. The molecule has 0 saturated heterocycles. The first-order valence-corrected chi connectivity index (χ1v) is 6.74. The third-order valence-corrected chi connectivity index (χ3v) is 3.91. The minimum atomic E-state index is -3.78. The maximum Gasteiger partial charge on any atom is 0.352 e. The highest BCUT2D eigenvalue weighted by atomic mass is 19.3. The molecule has 0 unspecified atom stereocenters. The van der Waals surface area contributed by atoms with Gasteiger partial charge in [-0.15, -0.1) is 0 Å². The molecule has 0 bridgehead atoms. The Balaban J connectivity index is 1.68. The zero-order chi connectivity index (χ0) is 15.1. The number of imidazole rings is 1. The van der Waals surface area contributed by atoms with Crippen molar-refractivity contribution in [3.63, 3.8) is 0 Å². The van der Waals surface area contributed by atoms with Crippen LogP contribution in [0.5, 0.6) is 0 Å². The number of aromatic nitrogens is 2. The smallest absolute Gasteiger partial charge is 0.352 e. The molecular weight excluding hydrogens is 280 g/mol. The van der Waals surface area contributed by atoms with Gasteiger partial charge in [0.1, 0.15) is 11.4 Å². The second kappa shape index (κ2) is 4.77. The molecule has 1 aliphatic rings. The van der Waals surface area contributed by atoms with Crippen LogP contribution < -0.4 is 5.32 Å². The molecule has 1 fully saturated rings. The van der Waals surface area contributed by atoms with Crippen molar-refractivity contribution in [1.82, 2.24) is 15.3 Å². The van der Waals surface area contributed by atoms with Crippen LogP contribution in [0.1, 0.15) is 25.1 Å². The predicted molar refractivity (Wildman–Crippen MR) is 71.7 cm³/mol. The van der Waals surface area contributed by atoms with Gasteiger partial charge in [0.05, 0.1) is 17.6 Å². The lowest BCUT2D eigenvalue weighted by Crippen LogP contribution is -2.60. The SMILES string of the molecule is O=C(NCc1nc2ccccc2[nH]1)C(F)(F)C1(O)CCC1. The Morgan fingerprint density at radius 1 is 1.43 bits per heavy atom. The van der Waals surface area contributed by atoms with Gasteiger partial charge in [-0.1, -0.05) is 12.1 Å². The summed E-state index contributed by atoms with van der Waals surface area (Å²) in [6.07, 6.45) is 0.388. The number of nitrogens with zero attached hydrogens (tertiary/aromatic N) is 1. The molecule has 7 heteroatoms. The van der Waals surface area contributed by atoms with Gasteiger partial charge in [0, 0.05) is 0 Å². The molecule has 1 saturated carbocycles. The Morgan fingerprint density at radius 2 is 2.14 bits per heavy atom. The Bertz CT molecular complexity index is 647. The van der Waals surface area contributed by atoms with Crippen LogP contribution in [0.25, 0.3) is 11.0 Å². The van der Waals surface area contributed by atoms with E-state index in [0.717, 1.165) is 5.52 Å². The van der Waals surface area contributed by atoms with E-state index in [2.05, 4.69) is 15.3 Å². The minimum Gasteiger partial charge on any atom is -0.383 e. The van der Waals surface area contributed by atoms with Gasteiger partial charge in [0.2, 0.25) is 0 Å². The fourth-order valence-electron chi connectivity index (χ4n) is 2.40. The molecule has 0 aliphatic heterocycles. The standard InChI is InChI=1S/C14H15F2N3O2/c15-14(16,13(21)6-3-7-13)12(20)17-8-11-18-9-4-1-2-5-10(9)19-11/h1-2,4-5,21H,3,6-8H2,(H,17,20)(H,18,19). The average molecular weight is 295 g/mol. The van der Waals surface area contributed by atoms with E-state index in [1.165, 1.54) is 0 Å². The monoisotopic (exact) mass is 295 g/mol. The fourth-order valence-corrected chi connectivity index (χ4v) is 2.40. The highest BCUT2D eigenvalue weighted by Gasteiger charge is 2.61. The van der Waals surface area contributed by atoms with Gasteiger partial charge in [-0.2, -0.15) is 8.78 Å². The summed E-state index contributed by atoms with van der Waals surface area (Å²) in [4.78, 5) is 18.8. The number of benzene rings is 1. The number of H-pyrrole nitrogens is 1. The van der Waals surface area contributed by atoms with Crippen LogP contribution >= 0.6 is 0 Å². The number of carbonyl (C=O) groups is 1. The highest BCUT2D eigenvalue weighted by molar-refractivity contribution is 5.85. The van der Waals surface area contributed by atoms with Crippen LogP contribution in [0.4, 0.5) is 8.78 Å². The first-order chi connectivity index (χ1) is 9.92. The second-order valence-corrected chi connectivity index (χ2v) is 5.34. The third kappa shape index (κ3) is 2.27. The Hall–Kier alpha value is -2.02. The lowest BCUT2D eigenvalue weighted by atomic mass is 9.75. The van der Waals surface area contributed by atoms with Gasteiger partial charge < -0.3 is 15.4 Å². The van der Waals surface area contributed by atoms with Crippen molar-refractivity contribution >= 4 is 16.9 Å². The molecule has 1 aliphatic carbocycles. The molecule has 5 nitrogen and oxygen atoms in total. The topological polar surface area (TPSA) is 78.0 Å². The van der Waals surface area contributed by atoms with Crippen molar-refractivity contribution in [1.29, 1.82) is 0 Å². The van der Waals surface area contributed by atoms with Gasteiger partial charge in [-0.05, 0) is 31.4 Å². The van der Waals surface area contributed by atoms with Crippen LogP contribution in [0.15, 0.2) is 24.3 Å². The van der Waals surface area contributed by atoms with Gasteiger partial charge in [0.25, 0.3) is 5.91 Å². The molecule has 3 rings (SSSR count). The van der Waals surface area contributed by atoms with Gasteiger partial charge in [-0.25, -0.2) is 4.98 Å². The highest BCUT2D eigenvalue weighted by Crippen LogP contribution is 2.44. The average Bonchev–Trinajstić information content (AvgIpc) is 2.84. The first-order valence-electron chi connectivity index (χ1n) is 6.74. The number of halogens is 2. The summed E-state index contributed by atoms with van der Waals surface area (Å²) in [5.74, 6) is -4.86. The van der Waals surface area contributed by atoms with E-state index >= 15 is 0 Å². The number of carbonyl (C=O) groups excluding carboxylic acids is 1. The van der Waals surface area contributed by atoms with Gasteiger partial charge >= 0.3 is 5.92 Å². The van der Waals surface area contributed by atoms with E-state index in [1.54, 1.807) is 12.1 Å². The maximum absolute atomic E-state index is 13.9. The Morgan fingerprint density at radius 3 is 2.76 bits per heavy atom. The maximum atomic E-state index is 13.9. The summed E-state index contributed by atoms with van der Waals surface area (Å²) in [5.41, 5.74) is -0.734. The van der Waals surface area contributed by atoms with E-state index in [4.69, 9.17) is 0 Å². The Kier molecular flexibility index (Phi) is 3.16. The molecule has 112 valence electrons. The van der Waals surface area contributed by atoms with E-state index in [9.17, 15) is 18.7 Å². The first kappa shape index (κ1) is 13.9. The molecule has 0 radical (unpaired) electrons. The van der Waals surface area contributed by atoms with Crippen molar-refractivity contribution in [3.05, 3.63) is 30.1 Å². The summed E-state index contributed by atoms with van der Waals surface area (Å²) in [5, 5.41) is 11.8. The molecule has 1 aromatic carbocycles. The molecule has 1 heterocycles. The van der Waals surface area contributed by atoms with Crippen molar-refractivity contribution in [2.45, 2.75) is 37.3 Å². The molecule has 3 N–H and O–H groups in total. The Labute approximate surface area is 119 Å². The number of aromatic amines is 1. The number of amides is 1. The molecule has 21 heavy (non-hydrogen) atoms. The third-order valence-electron chi connectivity index (χ3n) is 3.91. The van der Waals surface area contributed by atoms with Crippen LogP contribution in [-0.4, -0.2) is 32.5 Å². The lowest BCUT2D eigenvalue weighted by molar-refractivity contribution is -0.216. The minimum absolute atomic E-state index is 0.0575. The van der Waals surface area contributed by atoms with Crippen LogP contribution in [-0.2, 0) is 11.3 Å². The van der Waals surface area contributed by atoms with Crippen molar-refractivity contribution in [2.75, 3.05) is 0 Å². The number of aliphatic hydroxyl groups is 1. The van der Waals surface area contributed by atoms with Gasteiger partial charge in [0.15, 0.2) is 0 Å². The normalized spacial score (nSPS) is 17.5. The molecular formula is C14H15F2N3O2. The fraction of sp³-hybridized carbons (Fsp3) is 0.429. The predicted octanol–water partition coefficient (Wildman–Crippen LogP) is 1.73. The molecule has 2 aromatic rings. The molecule has 1 amide bonds. The van der Waals surface area contributed by atoms with Crippen LogP contribution in [0.2, 0.25) is 0 Å². The number of para-hydroxylation sites is 2. The van der Waals surface area contributed by atoms with Crippen molar-refractivity contribution in [3.8, 4) is 0 Å². The molecule has 0 spiro atoms.